The summed E-state index contributed by atoms with van der Waals surface area (Å²) in [7, 11) is 0. The van der Waals surface area contributed by atoms with Gasteiger partial charge in [0.2, 0.25) is 0 Å². The van der Waals surface area contributed by atoms with Crippen LogP contribution in [0.4, 0.5) is 5.82 Å². The van der Waals surface area contributed by atoms with Gasteiger partial charge in [-0.15, -0.1) is 0 Å². The molecule has 1 fully saturated rings. The van der Waals surface area contributed by atoms with Gasteiger partial charge in [-0.25, -0.2) is 9.97 Å². The summed E-state index contributed by atoms with van der Waals surface area (Å²) in [5.41, 5.74) is 0. The van der Waals surface area contributed by atoms with E-state index < -0.39 is 0 Å². The van der Waals surface area contributed by atoms with Gasteiger partial charge in [0.1, 0.15) is 12.1 Å². The van der Waals surface area contributed by atoms with Crippen LogP contribution in [0.3, 0.4) is 0 Å². The number of hydrogen-bond acceptors (Lipinski definition) is 4. The number of aliphatic hydroxyl groups is 1. The molecule has 1 heterocycles. The van der Waals surface area contributed by atoms with Crippen LogP contribution in [-0.2, 0) is 0 Å². The van der Waals surface area contributed by atoms with Crippen LogP contribution >= 0.6 is 15.9 Å². The van der Waals surface area contributed by atoms with E-state index in [1.807, 2.05) is 0 Å². The first kappa shape index (κ1) is 10.8. The summed E-state index contributed by atoms with van der Waals surface area (Å²) in [6.45, 7) is 0.799. The van der Waals surface area contributed by atoms with E-state index in [2.05, 4.69) is 30.8 Å². The van der Waals surface area contributed by atoms with E-state index in [9.17, 15) is 0 Å². The molecule has 1 saturated carbocycles. The Morgan fingerprint density at radius 2 is 2.33 bits per heavy atom. The van der Waals surface area contributed by atoms with Gasteiger partial charge in [0.05, 0.1) is 11.1 Å². The van der Waals surface area contributed by atoms with Gasteiger partial charge < -0.3 is 10.0 Å². The van der Waals surface area contributed by atoms with Crippen molar-refractivity contribution in [3.63, 3.8) is 0 Å². The molecule has 2 rings (SSSR count). The minimum absolute atomic E-state index is 0.160. The Hall–Kier alpha value is -0.680. The second-order valence-corrected chi connectivity index (χ2v) is 4.55. The summed E-state index contributed by atoms with van der Waals surface area (Å²) in [5.74, 6) is 0.892. The molecule has 0 atom stereocenters. The average Bonchev–Trinajstić information content (AvgIpc) is 2.15. The Morgan fingerprint density at radius 1 is 1.53 bits per heavy atom. The Balaban J connectivity index is 2.19. The molecule has 1 aliphatic rings. The highest BCUT2D eigenvalue weighted by Crippen LogP contribution is 2.31. The molecule has 0 aromatic carbocycles. The fourth-order valence-electron chi connectivity index (χ4n) is 1.79. The van der Waals surface area contributed by atoms with Crippen molar-refractivity contribution in [2.24, 2.45) is 0 Å². The summed E-state index contributed by atoms with van der Waals surface area (Å²) < 4.78 is 0.894. The molecule has 0 unspecified atom stereocenters. The minimum Gasteiger partial charge on any atom is -0.395 e. The lowest BCUT2D eigenvalue weighted by Gasteiger charge is -2.38. The molecular formula is C10H14BrN3O. The number of aromatic nitrogens is 2. The van der Waals surface area contributed by atoms with Gasteiger partial charge in [0.25, 0.3) is 0 Å². The number of halogens is 1. The third-order valence-corrected chi connectivity index (χ3v) is 3.34. The van der Waals surface area contributed by atoms with E-state index >= 15 is 0 Å². The zero-order valence-corrected chi connectivity index (χ0v) is 10.0. The Labute approximate surface area is 97.5 Å². The van der Waals surface area contributed by atoms with Crippen molar-refractivity contribution in [2.75, 3.05) is 18.1 Å². The molecule has 4 nitrogen and oxygen atoms in total. The number of hydrogen-bond donors (Lipinski definition) is 1. The van der Waals surface area contributed by atoms with E-state index in [0.717, 1.165) is 10.3 Å². The molecule has 1 N–H and O–H groups in total. The van der Waals surface area contributed by atoms with Crippen LogP contribution in [-0.4, -0.2) is 34.3 Å². The van der Waals surface area contributed by atoms with Crippen molar-refractivity contribution in [1.82, 2.24) is 9.97 Å². The van der Waals surface area contributed by atoms with Gasteiger partial charge in [-0.05, 0) is 35.2 Å². The summed E-state index contributed by atoms with van der Waals surface area (Å²) in [5, 5.41) is 9.06. The van der Waals surface area contributed by atoms with E-state index in [0.29, 0.717) is 12.6 Å². The fourth-order valence-corrected chi connectivity index (χ4v) is 2.23. The van der Waals surface area contributed by atoms with Crippen molar-refractivity contribution in [3.8, 4) is 0 Å². The number of rotatable bonds is 4. The minimum atomic E-state index is 0.160. The van der Waals surface area contributed by atoms with Crippen LogP contribution in [0.2, 0.25) is 0 Å². The summed E-state index contributed by atoms with van der Waals surface area (Å²) in [4.78, 5) is 10.4. The van der Waals surface area contributed by atoms with Gasteiger partial charge in [-0.3, -0.25) is 0 Å². The highest BCUT2D eigenvalue weighted by Gasteiger charge is 2.26. The summed E-state index contributed by atoms with van der Waals surface area (Å²) >= 11 is 3.44. The van der Waals surface area contributed by atoms with Crippen LogP contribution in [0.25, 0.3) is 0 Å². The van der Waals surface area contributed by atoms with E-state index in [1.165, 1.54) is 19.3 Å². The topological polar surface area (TPSA) is 49.2 Å². The maximum Gasteiger partial charge on any atom is 0.146 e. The highest BCUT2D eigenvalue weighted by molar-refractivity contribution is 9.10. The molecule has 0 amide bonds. The lowest BCUT2D eigenvalue weighted by atomic mass is 9.91. The summed E-state index contributed by atoms with van der Waals surface area (Å²) in [6, 6.07) is 0.531. The SMILES string of the molecule is OCCN(c1ncncc1Br)C1CCC1. The first-order valence-corrected chi connectivity index (χ1v) is 5.95. The van der Waals surface area contributed by atoms with Gasteiger partial charge in [-0.1, -0.05) is 0 Å². The molecule has 0 radical (unpaired) electrons. The maximum atomic E-state index is 9.06. The normalized spacial score (nSPS) is 16.1. The predicted octanol–water partition coefficient (Wildman–Crippen LogP) is 1.59. The van der Waals surface area contributed by atoms with Crippen LogP contribution in [0, 0.1) is 0 Å². The molecule has 1 aliphatic carbocycles. The van der Waals surface area contributed by atoms with Crippen LogP contribution in [0.1, 0.15) is 19.3 Å². The van der Waals surface area contributed by atoms with Crippen LogP contribution < -0.4 is 4.90 Å². The Bertz CT molecular complexity index is 330. The van der Waals surface area contributed by atoms with Gasteiger partial charge in [0, 0.05) is 18.8 Å². The van der Waals surface area contributed by atoms with Gasteiger partial charge in [0.15, 0.2) is 0 Å². The lowest BCUT2D eigenvalue weighted by Crippen LogP contribution is -2.42. The van der Waals surface area contributed by atoms with Crippen LogP contribution in [0.15, 0.2) is 17.0 Å². The molecule has 82 valence electrons. The number of anilines is 1. The van der Waals surface area contributed by atoms with Gasteiger partial charge >= 0.3 is 0 Å². The van der Waals surface area contributed by atoms with Crippen molar-refractivity contribution >= 4 is 21.7 Å². The molecule has 15 heavy (non-hydrogen) atoms. The number of aliphatic hydroxyl groups excluding tert-OH is 1. The molecule has 0 saturated heterocycles. The molecular weight excluding hydrogens is 258 g/mol. The second kappa shape index (κ2) is 4.90. The van der Waals surface area contributed by atoms with Crippen molar-refractivity contribution in [1.29, 1.82) is 0 Å². The van der Waals surface area contributed by atoms with Crippen molar-refractivity contribution in [2.45, 2.75) is 25.3 Å². The number of nitrogens with zero attached hydrogens (tertiary/aromatic N) is 3. The third kappa shape index (κ3) is 2.29. The lowest BCUT2D eigenvalue weighted by molar-refractivity contribution is 0.282. The largest absolute Gasteiger partial charge is 0.395 e. The quantitative estimate of drug-likeness (QED) is 0.904. The molecule has 0 spiro atoms. The zero-order chi connectivity index (χ0) is 10.7. The Kier molecular flexibility index (Phi) is 3.53. The molecule has 5 heteroatoms. The highest BCUT2D eigenvalue weighted by atomic mass is 79.9. The first-order chi connectivity index (χ1) is 7.33. The maximum absolute atomic E-state index is 9.06. The molecule has 1 aromatic rings. The summed E-state index contributed by atoms with van der Waals surface area (Å²) in [6.07, 6.45) is 6.94. The molecule has 1 aromatic heterocycles. The Morgan fingerprint density at radius 3 is 2.87 bits per heavy atom. The van der Waals surface area contributed by atoms with Crippen molar-refractivity contribution in [3.05, 3.63) is 17.0 Å². The fraction of sp³-hybridized carbons (Fsp3) is 0.600. The smallest absolute Gasteiger partial charge is 0.146 e. The monoisotopic (exact) mass is 271 g/mol. The average molecular weight is 272 g/mol. The zero-order valence-electron chi connectivity index (χ0n) is 8.43. The van der Waals surface area contributed by atoms with E-state index in [4.69, 9.17) is 5.11 Å². The predicted molar refractivity (Wildman–Crippen MR) is 61.8 cm³/mol. The molecule has 0 bridgehead atoms. The molecule has 0 aliphatic heterocycles. The van der Waals surface area contributed by atoms with E-state index in [1.54, 1.807) is 12.5 Å². The van der Waals surface area contributed by atoms with Crippen molar-refractivity contribution < 1.29 is 5.11 Å². The first-order valence-electron chi connectivity index (χ1n) is 5.16. The van der Waals surface area contributed by atoms with Gasteiger partial charge in [-0.2, -0.15) is 0 Å². The standard InChI is InChI=1S/C10H14BrN3O/c11-9-6-12-7-13-10(9)14(4-5-15)8-2-1-3-8/h6-8,15H,1-5H2. The van der Waals surface area contributed by atoms with E-state index in [-0.39, 0.29) is 6.61 Å². The second-order valence-electron chi connectivity index (χ2n) is 3.70. The third-order valence-electron chi connectivity index (χ3n) is 2.78. The van der Waals surface area contributed by atoms with Crippen LogP contribution in [0.5, 0.6) is 0 Å².